The van der Waals surface area contributed by atoms with Crippen molar-refractivity contribution < 1.29 is 4.74 Å². The molecule has 2 unspecified atom stereocenters. The molecule has 2 rings (SSSR count). The Labute approximate surface area is 107 Å². The van der Waals surface area contributed by atoms with Gasteiger partial charge in [-0.25, -0.2) is 4.98 Å². The lowest BCUT2D eigenvalue weighted by Crippen LogP contribution is -2.52. The normalized spacial score (nSPS) is 25.9. The molecule has 17 heavy (non-hydrogen) atoms. The number of nitrogens with zero attached hydrogens (tertiary/aromatic N) is 2. The van der Waals surface area contributed by atoms with Crippen LogP contribution in [0.4, 0.5) is 5.13 Å². The summed E-state index contributed by atoms with van der Waals surface area (Å²) >= 11 is 1.68. The second kappa shape index (κ2) is 4.55. The van der Waals surface area contributed by atoms with Gasteiger partial charge in [-0.2, -0.15) is 0 Å². The van der Waals surface area contributed by atoms with Crippen molar-refractivity contribution in [1.82, 2.24) is 4.98 Å². The highest BCUT2D eigenvalue weighted by Crippen LogP contribution is 2.30. The van der Waals surface area contributed by atoms with E-state index < -0.39 is 0 Å². The highest BCUT2D eigenvalue weighted by Gasteiger charge is 2.32. The van der Waals surface area contributed by atoms with Gasteiger partial charge in [-0.1, -0.05) is 0 Å². The maximum absolute atomic E-state index is 5.89. The topological polar surface area (TPSA) is 51.4 Å². The molecule has 0 aliphatic carbocycles. The molecule has 0 aromatic carbocycles. The molecule has 4 nitrogen and oxygen atoms in total. The van der Waals surface area contributed by atoms with Gasteiger partial charge in [-0.05, 0) is 27.7 Å². The van der Waals surface area contributed by atoms with E-state index in [2.05, 4.69) is 30.7 Å². The van der Waals surface area contributed by atoms with Crippen molar-refractivity contribution in [2.24, 2.45) is 5.73 Å². The monoisotopic (exact) mass is 255 g/mol. The number of nitrogens with two attached hydrogens (primary N) is 1. The molecular weight excluding hydrogens is 234 g/mol. The van der Waals surface area contributed by atoms with E-state index in [0.717, 1.165) is 23.1 Å². The molecule has 2 N–H and O–H groups in total. The third-order valence-electron chi connectivity index (χ3n) is 2.80. The summed E-state index contributed by atoms with van der Waals surface area (Å²) in [5.41, 5.74) is 5.75. The highest BCUT2D eigenvalue weighted by molar-refractivity contribution is 7.15. The lowest BCUT2D eigenvalue weighted by Gasteiger charge is -2.41. The number of hydrogen-bond donors (Lipinski definition) is 1. The number of rotatable bonds is 2. The minimum atomic E-state index is -0.113. The molecule has 2 atom stereocenters. The molecule has 0 spiro atoms. The fourth-order valence-corrected chi connectivity index (χ4v) is 3.11. The minimum Gasteiger partial charge on any atom is -0.369 e. The van der Waals surface area contributed by atoms with Crippen LogP contribution < -0.4 is 10.6 Å². The van der Waals surface area contributed by atoms with E-state index in [1.165, 1.54) is 0 Å². The van der Waals surface area contributed by atoms with E-state index in [0.29, 0.717) is 0 Å². The summed E-state index contributed by atoms with van der Waals surface area (Å²) in [6.45, 7) is 10.1. The molecule has 1 aliphatic rings. The molecule has 0 saturated carbocycles. The summed E-state index contributed by atoms with van der Waals surface area (Å²) in [6, 6.07) is 0.0627. The zero-order valence-electron chi connectivity index (χ0n) is 10.9. The molecule has 0 bridgehead atoms. The van der Waals surface area contributed by atoms with Crippen molar-refractivity contribution in [1.29, 1.82) is 0 Å². The maximum atomic E-state index is 5.89. The van der Waals surface area contributed by atoms with Crippen molar-refractivity contribution in [3.05, 3.63) is 11.1 Å². The largest absolute Gasteiger partial charge is 0.369 e. The Kier molecular flexibility index (Phi) is 3.43. The SMILES string of the molecule is CC1CN(c2ncc(C(C)N)s2)CC(C)(C)O1. The standard InChI is InChI=1S/C12H21N3OS/c1-8-6-15(7-12(3,4)16-8)11-14-5-10(17-11)9(2)13/h5,8-9H,6-7,13H2,1-4H3. The first-order chi connectivity index (χ1) is 7.87. The molecule has 0 amide bonds. The second-order valence-corrected chi connectivity index (χ2v) is 6.44. The molecule has 5 heteroatoms. The summed E-state index contributed by atoms with van der Waals surface area (Å²) in [4.78, 5) is 7.90. The van der Waals surface area contributed by atoms with Crippen molar-refractivity contribution in [3.63, 3.8) is 0 Å². The van der Waals surface area contributed by atoms with Crippen molar-refractivity contribution in [3.8, 4) is 0 Å². The lowest BCUT2D eigenvalue weighted by atomic mass is 10.1. The second-order valence-electron chi connectivity index (χ2n) is 5.40. The first-order valence-electron chi connectivity index (χ1n) is 6.01. The van der Waals surface area contributed by atoms with Crippen LogP contribution in [0.5, 0.6) is 0 Å². The Morgan fingerprint density at radius 3 is 2.88 bits per heavy atom. The number of anilines is 1. The van der Waals surface area contributed by atoms with Gasteiger partial charge in [-0.15, -0.1) is 11.3 Å². The summed E-state index contributed by atoms with van der Waals surface area (Å²) in [5, 5.41) is 1.06. The van der Waals surface area contributed by atoms with Crippen molar-refractivity contribution in [2.45, 2.75) is 45.4 Å². The summed E-state index contributed by atoms with van der Waals surface area (Å²) in [5.74, 6) is 0. The zero-order valence-corrected chi connectivity index (χ0v) is 11.8. The smallest absolute Gasteiger partial charge is 0.185 e. The van der Waals surface area contributed by atoms with Gasteiger partial charge in [0, 0.05) is 30.2 Å². The van der Waals surface area contributed by atoms with Crippen molar-refractivity contribution >= 4 is 16.5 Å². The number of aromatic nitrogens is 1. The fourth-order valence-electron chi connectivity index (χ4n) is 2.23. The van der Waals surface area contributed by atoms with Crippen LogP contribution in [0.3, 0.4) is 0 Å². The first kappa shape index (κ1) is 12.8. The Hall–Kier alpha value is -0.650. The quantitative estimate of drug-likeness (QED) is 0.880. The van der Waals surface area contributed by atoms with Gasteiger partial charge in [0.25, 0.3) is 0 Å². The van der Waals surface area contributed by atoms with Crippen LogP contribution in [0.15, 0.2) is 6.20 Å². The van der Waals surface area contributed by atoms with Gasteiger partial charge in [-0.3, -0.25) is 0 Å². The van der Waals surface area contributed by atoms with Crippen LogP contribution in [-0.2, 0) is 4.74 Å². The van der Waals surface area contributed by atoms with E-state index >= 15 is 0 Å². The molecule has 0 radical (unpaired) electrons. The number of thiazole rings is 1. The van der Waals surface area contributed by atoms with Gasteiger partial charge >= 0.3 is 0 Å². The maximum Gasteiger partial charge on any atom is 0.185 e. The summed E-state index contributed by atoms with van der Waals surface area (Å²) in [6.07, 6.45) is 2.12. The lowest BCUT2D eigenvalue weighted by molar-refractivity contribution is -0.0749. The highest BCUT2D eigenvalue weighted by atomic mass is 32.1. The molecule has 1 saturated heterocycles. The molecule has 1 aromatic heterocycles. The number of hydrogen-bond acceptors (Lipinski definition) is 5. The first-order valence-corrected chi connectivity index (χ1v) is 6.83. The average molecular weight is 255 g/mol. The van der Waals surface area contributed by atoms with E-state index in [9.17, 15) is 0 Å². The average Bonchev–Trinajstić information content (AvgIpc) is 2.62. The Morgan fingerprint density at radius 2 is 2.35 bits per heavy atom. The van der Waals surface area contributed by atoms with Crippen molar-refractivity contribution in [2.75, 3.05) is 18.0 Å². The van der Waals surface area contributed by atoms with E-state index in [1.807, 2.05) is 13.1 Å². The van der Waals surface area contributed by atoms with Crippen LogP contribution >= 0.6 is 11.3 Å². The third-order valence-corrected chi connectivity index (χ3v) is 4.06. The molecule has 1 fully saturated rings. The van der Waals surface area contributed by atoms with Gasteiger partial charge in [0.05, 0.1) is 11.7 Å². The predicted octanol–water partition coefficient (Wildman–Crippen LogP) is 2.17. The van der Waals surface area contributed by atoms with Crippen LogP contribution in [0.1, 0.15) is 38.6 Å². The molecule has 96 valence electrons. The van der Waals surface area contributed by atoms with Gasteiger partial charge < -0.3 is 15.4 Å². The Morgan fingerprint density at radius 1 is 1.65 bits per heavy atom. The third kappa shape index (κ3) is 2.97. The van der Waals surface area contributed by atoms with Crippen LogP contribution in [-0.4, -0.2) is 29.8 Å². The minimum absolute atomic E-state index is 0.0627. The molecule has 1 aliphatic heterocycles. The Bertz CT molecular complexity index is 389. The summed E-state index contributed by atoms with van der Waals surface area (Å²) < 4.78 is 5.89. The van der Waals surface area contributed by atoms with Gasteiger partial charge in [0.1, 0.15) is 0 Å². The Balaban J connectivity index is 2.15. The number of ether oxygens (including phenoxy) is 1. The van der Waals surface area contributed by atoms with Crippen LogP contribution in [0.25, 0.3) is 0 Å². The van der Waals surface area contributed by atoms with Gasteiger partial charge in [0.15, 0.2) is 5.13 Å². The van der Waals surface area contributed by atoms with Crippen LogP contribution in [0.2, 0.25) is 0 Å². The zero-order chi connectivity index (χ0) is 12.6. The predicted molar refractivity (Wildman–Crippen MR) is 71.6 cm³/mol. The fraction of sp³-hybridized carbons (Fsp3) is 0.750. The molecule has 1 aromatic rings. The van der Waals surface area contributed by atoms with Gasteiger partial charge in [0.2, 0.25) is 0 Å². The van der Waals surface area contributed by atoms with E-state index in [1.54, 1.807) is 11.3 Å². The van der Waals surface area contributed by atoms with E-state index in [-0.39, 0.29) is 17.7 Å². The van der Waals surface area contributed by atoms with Crippen LogP contribution in [0, 0.1) is 0 Å². The molecular formula is C12H21N3OS. The summed E-state index contributed by atoms with van der Waals surface area (Å²) in [7, 11) is 0. The van der Waals surface area contributed by atoms with E-state index in [4.69, 9.17) is 10.5 Å². The molecule has 2 heterocycles. The number of morpholine rings is 1.